The maximum absolute atomic E-state index is 14.2. The zero-order chi connectivity index (χ0) is 29.6. The number of sulfone groups is 1. The summed E-state index contributed by atoms with van der Waals surface area (Å²) >= 11 is 0. The highest BCUT2D eigenvalue weighted by Crippen LogP contribution is 2.37. The van der Waals surface area contributed by atoms with E-state index in [-0.39, 0.29) is 35.8 Å². The van der Waals surface area contributed by atoms with Crippen molar-refractivity contribution >= 4 is 44.0 Å². The summed E-state index contributed by atoms with van der Waals surface area (Å²) in [5.41, 5.74) is 0.319. The summed E-state index contributed by atoms with van der Waals surface area (Å²) in [4.78, 5) is 31.0. The van der Waals surface area contributed by atoms with Gasteiger partial charge in [-0.2, -0.15) is 0 Å². The summed E-state index contributed by atoms with van der Waals surface area (Å²) in [7, 11) is -4.25. The molecule has 13 heteroatoms. The Morgan fingerprint density at radius 1 is 0.977 bits per heavy atom. The fourth-order valence-corrected chi connectivity index (χ4v) is 6.95. The van der Waals surface area contributed by atoms with Gasteiger partial charge in [0.1, 0.15) is 23.1 Å². The third kappa shape index (κ3) is 5.18. The summed E-state index contributed by atoms with van der Waals surface area (Å²) in [5.74, 6) is 1.69. The number of carbonyl (C=O) groups excluding carboxylic acids is 1. The Hall–Kier alpha value is -4.52. The molecule has 0 radical (unpaired) electrons. The predicted octanol–water partition coefficient (Wildman–Crippen LogP) is 3.94. The van der Waals surface area contributed by atoms with E-state index >= 15 is 0 Å². The molecule has 3 aromatic heterocycles. The lowest BCUT2D eigenvalue weighted by molar-refractivity contribution is 0.0950. The fraction of sp³-hybridized carbons (Fsp3) is 0.333. The zero-order valence-corrected chi connectivity index (χ0v) is 24.0. The van der Waals surface area contributed by atoms with Gasteiger partial charge in [0.2, 0.25) is 15.3 Å². The van der Waals surface area contributed by atoms with Crippen LogP contribution in [0.2, 0.25) is 0 Å². The van der Waals surface area contributed by atoms with Crippen molar-refractivity contribution in [2.75, 3.05) is 42.6 Å². The number of fused-ring (bicyclic) bond motifs is 3. The first-order valence-electron chi connectivity index (χ1n) is 14.2. The van der Waals surface area contributed by atoms with Crippen LogP contribution in [-0.4, -0.2) is 67.6 Å². The van der Waals surface area contributed by atoms with E-state index in [1.807, 2.05) is 29.3 Å². The monoisotopic (exact) mass is 604 g/mol. The van der Waals surface area contributed by atoms with Gasteiger partial charge in [-0.3, -0.25) is 9.78 Å². The minimum atomic E-state index is -4.25. The van der Waals surface area contributed by atoms with Gasteiger partial charge in [-0.15, -0.1) is 0 Å². The highest BCUT2D eigenvalue weighted by atomic mass is 32.2. The SMILES string of the molecule is O=C(NCc1cc2nc(N3CCOc4cc(N5CCCC5)cnc43)ccc2cn1)c1ccc2c(c1)S(=O)(=O)[C@@H](F)CCO2. The number of pyridine rings is 3. The second-order valence-corrected chi connectivity index (χ2v) is 12.7. The molecule has 222 valence electrons. The number of amides is 1. The molecule has 7 rings (SSSR count). The van der Waals surface area contributed by atoms with Gasteiger partial charge in [-0.1, -0.05) is 0 Å². The third-order valence-electron chi connectivity index (χ3n) is 7.89. The molecule has 43 heavy (non-hydrogen) atoms. The van der Waals surface area contributed by atoms with E-state index in [2.05, 4.69) is 15.2 Å². The fourth-order valence-electron chi connectivity index (χ4n) is 5.57. The predicted molar refractivity (Wildman–Crippen MR) is 158 cm³/mol. The van der Waals surface area contributed by atoms with Crippen LogP contribution in [0.3, 0.4) is 0 Å². The summed E-state index contributed by atoms with van der Waals surface area (Å²) in [5, 5.41) is 3.60. The van der Waals surface area contributed by atoms with Crippen LogP contribution in [0.1, 0.15) is 35.3 Å². The molecule has 1 N–H and O–H groups in total. The number of carbonyl (C=O) groups is 1. The third-order valence-corrected chi connectivity index (χ3v) is 9.73. The van der Waals surface area contributed by atoms with Crippen molar-refractivity contribution in [2.45, 2.75) is 36.2 Å². The van der Waals surface area contributed by atoms with Gasteiger partial charge in [0.15, 0.2) is 11.6 Å². The van der Waals surface area contributed by atoms with Gasteiger partial charge < -0.3 is 24.6 Å². The van der Waals surface area contributed by atoms with Gasteiger partial charge in [0.25, 0.3) is 5.91 Å². The molecule has 1 atom stereocenters. The average molecular weight is 605 g/mol. The number of anilines is 3. The maximum Gasteiger partial charge on any atom is 0.251 e. The number of alkyl halides is 1. The normalized spacial score (nSPS) is 19.1. The molecule has 3 aliphatic rings. The van der Waals surface area contributed by atoms with Gasteiger partial charge in [-0.25, -0.2) is 22.8 Å². The van der Waals surface area contributed by atoms with Crippen molar-refractivity contribution in [1.82, 2.24) is 20.3 Å². The second-order valence-electron chi connectivity index (χ2n) is 10.7. The second kappa shape index (κ2) is 11.0. The molecule has 1 aromatic carbocycles. The molecule has 1 amide bonds. The quantitative estimate of drug-likeness (QED) is 0.358. The van der Waals surface area contributed by atoms with E-state index in [4.69, 9.17) is 19.4 Å². The Balaban J connectivity index is 1.09. The Bertz CT molecular complexity index is 1830. The number of benzene rings is 1. The van der Waals surface area contributed by atoms with E-state index in [0.29, 0.717) is 24.4 Å². The molecule has 0 saturated carbocycles. The first-order chi connectivity index (χ1) is 20.9. The van der Waals surface area contributed by atoms with Crippen LogP contribution in [0, 0.1) is 0 Å². The average Bonchev–Trinajstić information content (AvgIpc) is 3.54. The van der Waals surface area contributed by atoms with Crippen molar-refractivity contribution < 1.29 is 27.1 Å². The van der Waals surface area contributed by atoms with Crippen LogP contribution in [-0.2, 0) is 16.4 Å². The largest absolute Gasteiger partial charge is 0.492 e. The lowest BCUT2D eigenvalue weighted by atomic mass is 10.2. The molecule has 4 aromatic rings. The topological polar surface area (TPSA) is 127 Å². The van der Waals surface area contributed by atoms with Crippen LogP contribution < -0.4 is 24.6 Å². The Labute approximate surface area is 247 Å². The lowest BCUT2D eigenvalue weighted by Gasteiger charge is -2.30. The molecule has 0 unspecified atom stereocenters. The van der Waals surface area contributed by atoms with Crippen LogP contribution in [0.15, 0.2) is 59.8 Å². The Morgan fingerprint density at radius 2 is 1.81 bits per heavy atom. The molecule has 1 fully saturated rings. The minimum Gasteiger partial charge on any atom is -0.492 e. The zero-order valence-electron chi connectivity index (χ0n) is 23.2. The molecule has 0 spiro atoms. The number of hydrogen-bond donors (Lipinski definition) is 1. The first kappa shape index (κ1) is 27.3. The summed E-state index contributed by atoms with van der Waals surface area (Å²) < 4.78 is 50.7. The van der Waals surface area contributed by atoms with E-state index in [9.17, 15) is 17.6 Å². The number of nitrogens with one attached hydrogen (secondary N) is 1. The number of halogens is 1. The van der Waals surface area contributed by atoms with E-state index in [0.717, 1.165) is 47.6 Å². The molecule has 0 aliphatic carbocycles. The Kier molecular flexibility index (Phi) is 6.96. The molecular formula is C30H29FN6O5S. The van der Waals surface area contributed by atoms with Gasteiger partial charge in [0.05, 0.1) is 42.8 Å². The standard InChI is InChI=1S/C30H29FN6O5S/c31-27-7-11-41-24-5-3-19(13-26(24)43(27,39)40)30(38)34-17-21-14-23-20(16-32-21)4-6-28(35-23)37-10-12-42-25-15-22(18-33-29(25)37)36-8-1-2-9-36/h3-6,13-16,18,27H,1-2,7-12,17H2,(H,34,38)/t27-/m1/s1. The highest BCUT2D eigenvalue weighted by molar-refractivity contribution is 7.92. The van der Waals surface area contributed by atoms with Gasteiger partial charge >= 0.3 is 0 Å². The molecular weight excluding hydrogens is 575 g/mol. The van der Waals surface area contributed by atoms with E-state index in [1.54, 1.807) is 12.3 Å². The van der Waals surface area contributed by atoms with Crippen LogP contribution in [0.25, 0.3) is 10.9 Å². The molecule has 0 bridgehead atoms. The highest BCUT2D eigenvalue weighted by Gasteiger charge is 2.33. The van der Waals surface area contributed by atoms with Gasteiger partial charge in [-0.05, 0) is 49.2 Å². The van der Waals surface area contributed by atoms with Crippen LogP contribution in [0.5, 0.6) is 11.5 Å². The summed E-state index contributed by atoms with van der Waals surface area (Å²) in [6.45, 7) is 3.17. The summed E-state index contributed by atoms with van der Waals surface area (Å²) in [6.07, 6.45) is 5.67. The van der Waals surface area contributed by atoms with Crippen molar-refractivity contribution in [2.24, 2.45) is 0 Å². The van der Waals surface area contributed by atoms with Crippen LogP contribution in [0.4, 0.5) is 21.7 Å². The number of hydrogen-bond acceptors (Lipinski definition) is 10. The smallest absolute Gasteiger partial charge is 0.251 e. The minimum absolute atomic E-state index is 0.0416. The Morgan fingerprint density at radius 3 is 2.67 bits per heavy atom. The first-order valence-corrected chi connectivity index (χ1v) is 15.8. The summed E-state index contributed by atoms with van der Waals surface area (Å²) in [6, 6.07) is 11.7. The van der Waals surface area contributed by atoms with Gasteiger partial charge in [0, 0.05) is 42.7 Å². The maximum atomic E-state index is 14.2. The van der Waals surface area contributed by atoms with E-state index in [1.165, 1.54) is 25.0 Å². The van der Waals surface area contributed by atoms with Crippen LogP contribution >= 0.6 is 0 Å². The molecule has 1 saturated heterocycles. The van der Waals surface area contributed by atoms with E-state index < -0.39 is 21.2 Å². The molecule has 3 aliphatic heterocycles. The molecule has 6 heterocycles. The molecule has 11 nitrogen and oxygen atoms in total. The number of ether oxygens (including phenoxy) is 2. The van der Waals surface area contributed by atoms with Crippen molar-refractivity contribution in [1.29, 1.82) is 0 Å². The van der Waals surface area contributed by atoms with Crippen molar-refractivity contribution in [3.63, 3.8) is 0 Å². The van der Waals surface area contributed by atoms with Crippen molar-refractivity contribution in [3.05, 3.63) is 66.1 Å². The number of aromatic nitrogens is 3. The van der Waals surface area contributed by atoms with Crippen molar-refractivity contribution in [3.8, 4) is 11.5 Å². The number of nitrogens with zero attached hydrogens (tertiary/aromatic N) is 5. The number of rotatable bonds is 5. The lowest BCUT2D eigenvalue weighted by Crippen LogP contribution is -2.30.